The maximum absolute atomic E-state index is 13.4. The van der Waals surface area contributed by atoms with Crippen molar-refractivity contribution in [2.45, 2.75) is 12.3 Å². The Hall–Kier alpha value is -3.31. The fraction of sp³-hybridized carbons (Fsp3) is 0.150. The molecule has 0 bridgehead atoms. The van der Waals surface area contributed by atoms with Gasteiger partial charge in [0.2, 0.25) is 0 Å². The molecular formula is C20H12ClF3O5. The second-order valence-electron chi connectivity index (χ2n) is 5.80. The van der Waals surface area contributed by atoms with Gasteiger partial charge in [0.1, 0.15) is 11.5 Å². The van der Waals surface area contributed by atoms with Crippen molar-refractivity contribution >= 4 is 23.8 Å². The molecule has 1 heterocycles. The van der Waals surface area contributed by atoms with Crippen LogP contribution in [0.2, 0.25) is 5.02 Å². The van der Waals surface area contributed by atoms with Gasteiger partial charge in [-0.3, -0.25) is 0 Å². The molecule has 1 N–H and O–H groups in total. The third-order valence-electron chi connectivity index (χ3n) is 3.81. The van der Waals surface area contributed by atoms with Crippen LogP contribution in [-0.2, 0) is 4.74 Å². The average Bonchev–Trinajstić information content (AvgIpc) is 2.64. The number of fused-ring (bicyclic) bond motifs is 1. The molecule has 0 radical (unpaired) electrons. The summed E-state index contributed by atoms with van der Waals surface area (Å²) in [7, 11) is 1.52. The van der Waals surface area contributed by atoms with E-state index in [1.165, 1.54) is 19.2 Å². The molecule has 3 rings (SSSR count). The summed E-state index contributed by atoms with van der Waals surface area (Å²) in [5, 5.41) is 8.89. The van der Waals surface area contributed by atoms with Crippen molar-refractivity contribution in [2.75, 3.05) is 7.11 Å². The van der Waals surface area contributed by atoms with Crippen molar-refractivity contribution < 1.29 is 37.3 Å². The van der Waals surface area contributed by atoms with Crippen LogP contribution in [-0.4, -0.2) is 30.7 Å². The Balaban J connectivity index is 2.05. The predicted octanol–water partition coefficient (Wildman–Crippen LogP) is 5.11. The molecule has 5 nitrogen and oxygen atoms in total. The molecule has 29 heavy (non-hydrogen) atoms. The van der Waals surface area contributed by atoms with E-state index in [0.29, 0.717) is 11.3 Å². The van der Waals surface area contributed by atoms with E-state index in [0.717, 1.165) is 6.08 Å². The van der Waals surface area contributed by atoms with Gasteiger partial charge < -0.3 is 19.3 Å². The highest BCUT2D eigenvalue weighted by molar-refractivity contribution is 6.31. The number of hydrogen-bond donors (Lipinski definition) is 1. The van der Waals surface area contributed by atoms with E-state index in [1.54, 1.807) is 24.3 Å². The minimum atomic E-state index is -4.90. The first-order valence-electron chi connectivity index (χ1n) is 8.02. The molecule has 0 saturated heterocycles. The number of hydrogen-bond acceptors (Lipinski definition) is 4. The topological polar surface area (TPSA) is 65.0 Å². The van der Waals surface area contributed by atoms with Crippen molar-refractivity contribution in [3.63, 3.8) is 0 Å². The van der Waals surface area contributed by atoms with E-state index in [-0.39, 0.29) is 21.9 Å². The summed E-state index contributed by atoms with van der Waals surface area (Å²) in [6.07, 6.45) is -8.46. The summed E-state index contributed by atoms with van der Waals surface area (Å²) in [6, 6.07) is 9.42. The van der Waals surface area contributed by atoms with Crippen LogP contribution in [0.4, 0.5) is 18.0 Å². The van der Waals surface area contributed by atoms with Gasteiger partial charge in [0.15, 0.2) is 5.76 Å². The Bertz CT molecular complexity index is 1030. The highest BCUT2D eigenvalue weighted by Crippen LogP contribution is 2.40. The zero-order chi connectivity index (χ0) is 21.2. The number of ether oxygens (including phenoxy) is 3. The summed E-state index contributed by atoms with van der Waals surface area (Å²) in [6.45, 7) is 0. The van der Waals surface area contributed by atoms with Gasteiger partial charge in [-0.2, -0.15) is 13.2 Å². The summed E-state index contributed by atoms with van der Waals surface area (Å²) >= 11 is 6.03. The Kier molecular flexibility index (Phi) is 5.62. The van der Waals surface area contributed by atoms with Crippen LogP contribution in [0, 0.1) is 11.8 Å². The standard InChI is InChI=1S/C20H12ClF3O5/c1-27-15-6-3-11(4-7-15)2-5-12-8-14(21)9-13-10-16(28-19(25)26)18(20(22,23)24)29-17(12)13/h3-4,6-10,18H,1H3,(H,25,26). The molecule has 150 valence electrons. The van der Waals surface area contributed by atoms with E-state index in [9.17, 15) is 18.0 Å². The molecule has 0 spiro atoms. The van der Waals surface area contributed by atoms with Gasteiger partial charge in [-0.15, -0.1) is 0 Å². The lowest BCUT2D eigenvalue weighted by Crippen LogP contribution is -2.39. The molecule has 1 unspecified atom stereocenters. The molecule has 0 amide bonds. The van der Waals surface area contributed by atoms with Gasteiger partial charge in [-0.05, 0) is 42.5 Å². The third-order valence-corrected chi connectivity index (χ3v) is 4.03. The summed E-state index contributed by atoms with van der Waals surface area (Å²) in [5.74, 6) is 5.10. The maximum Gasteiger partial charge on any atom is 0.511 e. The van der Waals surface area contributed by atoms with Gasteiger partial charge in [0.05, 0.1) is 12.7 Å². The normalized spacial score (nSPS) is 15.2. The van der Waals surface area contributed by atoms with Crippen molar-refractivity contribution in [1.29, 1.82) is 0 Å². The molecule has 0 saturated carbocycles. The minimum Gasteiger partial charge on any atom is -0.497 e. The first kappa shape index (κ1) is 20.4. The lowest BCUT2D eigenvalue weighted by atomic mass is 10.0. The first-order chi connectivity index (χ1) is 13.7. The quantitative estimate of drug-likeness (QED) is 0.536. The van der Waals surface area contributed by atoms with E-state index >= 15 is 0 Å². The van der Waals surface area contributed by atoms with Gasteiger partial charge in [0.25, 0.3) is 6.10 Å². The molecule has 1 aliphatic heterocycles. The Labute approximate surface area is 168 Å². The minimum absolute atomic E-state index is 0.114. The largest absolute Gasteiger partial charge is 0.511 e. The molecule has 0 aliphatic carbocycles. The maximum atomic E-state index is 13.4. The molecule has 0 aromatic heterocycles. The number of benzene rings is 2. The summed E-state index contributed by atoms with van der Waals surface area (Å²) in [4.78, 5) is 10.7. The molecule has 9 heteroatoms. The highest BCUT2D eigenvalue weighted by atomic mass is 35.5. The van der Waals surface area contributed by atoms with Crippen molar-refractivity contribution in [2.24, 2.45) is 0 Å². The fourth-order valence-corrected chi connectivity index (χ4v) is 2.80. The Morgan fingerprint density at radius 3 is 2.48 bits per heavy atom. The van der Waals surface area contributed by atoms with Crippen LogP contribution in [0.15, 0.2) is 42.2 Å². The number of alkyl halides is 3. The zero-order valence-electron chi connectivity index (χ0n) is 14.7. The zero-order valence-corrected chi connectivity index (χ0v) is 15.5. The van der Waals surface area contributed by atoms with Crippen molar-refractivity contribution in [3.05, 3.63) is 63.9 Å². The number of methoxy groups -OCH3 is 1. The predicted molar refractivity (Wildman–Crippen MR) is 98.0 cm³/mol. The van der Waals surface area contributed by atoms with Crippen molar-refractivity contribution in [3.8, 4) is 23.3 Å². The molecule has 1 aliphatic rings. The number of halogens is 4. The average molecular weight is 425 g/mol. The lowest BCUT2D eigenvalue weighted by molar-refractivity contribution is -0.191. The summed E-state index contributed by atoms with van der Waals surface area (Å²) < 4.78 is 54.4. The van der Waals surface area contributed by atoms with Crippen molar-refractivity contribution in [1.82, 2.24) is 0 Å². The SMILES string of the molecule is COc1ccc(C#Cc2cc(Cl)cc3c2OC(C(F)(F)F)C(OC(=O)O)=C3)cc1. The Morgan fingerprint density at radius 2 is 1.90 bits per heavy atom. The number of rotatable bonds is 2. The van der Waals surface area contributed by atoms with E-state index < -0.39 is 24.2 Å². The molecule has 1 atom stereocenters. The fourth-order valence-electron chi connectivity index (χ4n) is 2.58. The Morgan fingerprint density at radius 1 is 1.21 bits per heavy atom. The van der Waals surface area contributed by atoms with E-state index in [1.807, 2.05) is 0 Å². The smallest absolute Gasteiger partial charge is 0.497 e. The molecule has 2 aromatic rings. The molecule has 0 fully saturated rings. The van der Waals surface area contributed by atoms with E-state index in [4.69, 9.17) is 26.2 Å². The highest BCUT2D eigenvalue weighted by Gasteiger charge is 2.48. The van der Waals surface area contributed by atoms with Gasteiger partial charge in [-0.25, -0.2) is 4.79 Å². The van der Waals surface area contributed by atoms with Crippen LogP contribution in [0.5, 0.6) is 11.5 Å². The lowest BCUT2D eigenvalue weighted by Gasteiger charge is -2.28. The van der Waals surface area contributed by atoms with Crippen LogP contribution in [0.1, 0.15) is 16.7 Å². The molecule has 2 aromatic carbocycles. The summed E-state index contributed by atoms with van der Waals surface area (Å²) in [5.41, 5.74) is 0.824. The second kappa shape index (κ2) is 7.97. The third kappa shape index (κ3) is 4.76. The van der Waals surface area contributed by atoms with Crippen LogP contribution in [0.25, 0.3) is 6.08 Å². The second-order valence-corrected chi connectivity index (χ2v) is 6.24. The van der Waals surface area contributed by atoms with Gasteiger partial charge in [0, 0.05) is 16.1 Å². The first-order valence-corrected chi connectivity index (χ1v) is 8.40. The monoisotopic (exact) mass is 424 g/mol. The molecular weight excluding hydrogens is 413 g/mol. The van der Waals surface area contributed by atoms with Crippen LogP contribution >= 0.6 is 11.6 Å². The van der Waals surface area contributed by atoms with Gasteiger partial charge in [-0.1, -0.05) is 23.4 Å². The van der Waals surface area contributed by atoms with Crippen LogP contribution in [0.3, 0.4) is 0 Å². The number of carbonyl (C=O) groups is 1. The number of carboxylic acid groups (broad SMARTS) is 1. The van der Waals surface area contributed by atoms with Gasteiger partial charge >= 0.3 is 12.3 Å². The van der Waals surface area contributed by atoms with E-state index in [2.05, 4.69) is 16.6 Å². The van der Waals surface area contributed by atoms with Crippen LogP contribution < -0.4 is 9.47 Å².